The molecule has 0 saturated carbocycles. The Balaban J connectivity index is 1.95. The molecule has 0 fully saturated rings. The van der Waals surface area contributed by atoms with Crippen molar-refractivity contribution in [2.45, 2.75) is 46.6 Å². The Bertz CT molecular complexity index is 931. The topological polar surface area (TPSA) is 93.7 Å². The Morgan fingerprint density at radius 1 is 1.00 bits per heavy atom. The minimum Gasteiger partial charge on any atom is -0.452 e. The fourth-order valence-corrected chi connectivity index (χ4v) is 2.74. The van der Waals surface area contributed by atoms with Crippen LogP contribution in [-0.4, -0.2) is 30.2 Å². The predicted octanol–water partition coefficient (Wildman–Crippen LogP) is 4.70. The molecule has 30 heavy (non-hydrogen) atoms. The molecule has 0 aliphatic heterocycles. The minimum absolute atomic E-state index is 0.210. The number of rotatable bonds is 6. The van der Waals surface area contributed by atoms with Crippen LogP contribution < -0.4 is 10.6 Å². The molecule has 7 nitrogen and oxygen atoms in total. The van der Waals surface area contributed by atoms with Gasteiger partial charge in [-0.25, -0.2) is 9.59 Å². The van der Waals surface area contributed by atoms with Crippen molar-refractivity contribution in [3.8, 4) is 0 Å². The molecule has 160 valence electrons. The summed E-state index contributed by atoms with van der Waals surface area (Å²) in [6.07, 6.45) is 0.145. The first-order valence-corrected chi connectivity index (χ1v) is 9.74. The van der Waals surface area contributed by atoms with Crippen molar-refractivity contribution in [2.24, 2.45) is 0 Å². The van der Waals surface area contributed by atoms with Gasteiger partial charge in [0.25, 0.3) is 5.91 Å². The van der Waals surface area contributed by atoms with Gasteiger partial charge in [0.1, 0.15) is 5.60 Å². The molecule has 2 aromatic rings. The second-order valence-corrected chi connectivity index (χ2v) is 7.79. The molecule has 0 radical (unpaired) electrons. The Labute approximate surface area is 176 Å². The molecule has 2 N–H and O–H groups in total. The van der Waals surface area contributed by atoms with Crippen molar-refractivity contribution >= 4 is 29.3 Å². The Morgan fingerprint density at radius 3 is 2.37 bits per heavy atom. The average Bonchev–Trinajstić information content (AvgIpc) is 2.66. The first-order valence-electron chi connectivity index (χ1n) is 9.74. The smallest absolute Gasteiger partial charge is 0.412 e. The summed E-state index contributed by atoms with van der Waals surface area (Å²) >= 11 is 0. The molecule has 0 spiro atoms. The van der Waals surface area contributed by atoms with Crippen LogP contribution in [0.2, 0.25) is 0 Å². The number of aryl methyl sites for hydroxylation is 2. The molecule has 2 aromatic carbocycles. The number of hydrogen-bond acceptors (Lipinski definition) is 5. The van der Waals surface area contributed by atoms with Crippen molar-refractivity contribution in [2.75, 3.05) is 17.2 Å². The second-order valence-electron chi connectivity index (χ2n) is 7.79. The van der Waals surface area contributed by atoms with E-state index in [2.05, 4.69) is 10.6 Å². The van der Waals surface area contributed by atoms with Crippen LogP contribution in [0.4, 0.5) is 16.2 Å². The lowest BCUT2D eigenvalue weighted by atomic mass is 10.1. The highest BCUT2D eigenvalue weighted by molar-refractivity contribution is 5.97. The lowest BCUT2D eigenvalue weighted by Gasteiger charge is -2.19. The molecule has 2 amide bonds. The van der Waals surface area contributed by atoms with Gasteiger partial charge < -0.3 is 14.8 Å². The number of carbonyl (C=O) groups is 3. The highest BCUT2D eigenvalue weighted by Crippen LogP contribution is 2.21. The third-order valence-corrected chi connectivity index (χ3v) is 4.08. The average molecular weight is 412 g/mol. The number of benzene rings is 2. The van der Waals surface area contributed by atoms with Crippen molar-refractivity contribution in [1.82, 2.24) is 0 Å². The molecule has 2 rings (SSSR count). The molecule has 0 aliphatic rings. The van der Waals surface area contributed by atoms with E-state index >= 15 is 0 Å². The van der Waals surface area contributed by atoms with Gasteiger partial charge in [-0.1, -0.05) is 31.2 Å². The number of anilines is 2. The van der Waals surface area contributed by atoms with Crippen LogP contribution in [0.5, 0.6) is 0 Å². The summed E-state index contributed by atoms with van der Waals surface area (Å²) in [5.41, 5.74) is 2.65. The van der Waals surface area contributed by atoms with E-state index in [0.29, 0.717) is 5.69 Å². The molecule has 0 saturated heterocycles. The van der Waals surface area contributed by atoms with Crippen molar-refractivity contribution < 1.29 is 23.9 Å². The van der Waals surface area contributed by atoms with E-state index in [-0.39, 0.29) is 5.56 Å². The van der Waals surface area contributed by atoms with E-state index in [1.54, 1.807) is 32.9 Å². The molecule has 0 aromatic heterocycles. The Morgan fingerprint density at radius 2 is 1.70 bits per heavy atom. The minimum atomic E-state index is -0.668. The highest BCUT2D eigenvalue weighted by Gasteiger charge is 2.17. The fraction of sp³-hybridized carbons (Fsp3) is 0.348. The molecule has 0 bridgehead atoms. The second kappa shape index (κ2) is 9.91. The quantitative estimate of drug-likeness (QED) is 0.671. The predicted molar refractivity (Wildman–Crippen MR) is 116 cm³/mol. The first-order chi connectivity index (χ1) is 14.1. The first kappa shape index (κ1) is 22.9. The maximum atomic E-state index is 12.3. The number of hydrogen-bond donors (Lipinski definition) is 2. The van der Waals surface area contributed by atoms with Crippen LogP contribution in [0.1, 0.15) is 49.2 Å². The van der Waals surface area contributed by atoms with Crippen LogP contribution in [-0.2, 0) is 20.7 Å². The molecule has 0 unspecified atom stereocenters. The zero-order valence-electron chi connectivity index (χ0n) is 18.0. The van der Waals surface area contributed by atoms with E-state index in [4.69, 9.17) is 9.47 Å². The lowest BCUT2D eigenvalue weighted by molar-refractivity contribution is -0.119. The van der Waals surface area contributed by atoms with Crippen LogP contribution >= 0.6 is 0 Å². The largest absolute Gasteiger partial charge is 0.452 e. The van der Waals surface area contributed by atoms with Gasteiger partial charge in [0, 0.05) is 11.4 Å². The summed E-state index contributed by atoms with van der Waals surface area (Å²) < 4.78 is 10.3. The summed E-state index contributed by atoms with van der Waals surface area (Å²) in [4.78, 5) is 36.4. The molecular formula is C23H28N2O5. The fourth-order valence-electron chi connectivity index (χ4n) is 2.74. The van der Waals surface area contributed by atoms with Gasteiger partial charge in [0.2, 0.25) is 0 Å². The molecule has 7 heteroatoms. The third kappa shape index (κ3) is 6.92. The van der Waals surface area contributed by atoms with E-state index in [9.17, 15) is 14.4 Å². The molecule has 0 atom stereocenters. The maximum absolute atomic E-state index is 12.3. The molecule has 0 heterocycles. The summed E-state index contributed by atoms with van der Waals surface area (Å²) in [6.45, 7) is 8.76. The maximum Gasteiger partial charge on any atom is 0.412 e. The van der Waals surface area contributed by atoms with Crippen LogP contribution in [0.15, 0.2) is 42.5 Å². The summed E-state index contributed by atoms with van der Waals surface area (Å²) in [7, 11) is 0. The number of nitrogens with one attached hydrogen (secondary N) is 2. The van der Waals surface area contributed by atoms with Crippen LogP contribution in [0.25, 0.3) is 0 Å². The van der Waals surface area contributed by atoms with Gasteiger partial charge in [-0.05, 0) is 63.4 Å². The normalized spacial score (nSPS) is 10.8. The van der Waals surface area contributed by atoms with Gasteiger partial charge in [0.15, 0.2) is 6.61 Å². The molecular weight excluding hydrogens is 384 g/mol. The van der Waals surface area contributed by atoms with Crippen molar-refractivity contribution in [3.63, 3.8) is 0 Å². The van der Waals surface area contributed by atoms with Gasteiger partial charge >= 0.3 is 12.1 Å². The number of ether oxygens (including phenoxy) is 2. The van der Waals surface area contributed by atoms with Crippen molar-refractivity contribution in [1.29, 1.82) is 0 Å². The molecule has 0 aliphatic carbocycles. The van der Waals surface area contributed by atoms with E-state index < -0.39 is 30.2 Å². The summed E-state index contributed by atoms with van der Waals surface area (Å²) in [5, 5.41) is 5.37. The van der Waals surface area contributed by atoms with E-state index in [0.717, 1.165) is 23.2 Å². The Hall–Kier alpha value is -3.35. The summed E-state index contributed by atoms with van der Waals surface area (Å²) in [6, 6.07) is 12.0. The van der Waals surface area contributed by atoms with E-state index in [1.807, 2.05) is 32.0 Å². The van der Waals surface area contributed by atoms with Gasteiger partial charge in [-0.2, -0.15) is 0 Å². The zero-order valence-corrected chi connectivity index (χ0v) is 18.0. The van der Waals surface area contributed by atoms with Crippen LogP contribution in [0, 0.1) is 6.92 Å². The van der Waals surface area contributed by atoms with Crippen LogP contribution in [0.3, 0.4) is 0 Å². The highest BCUT2D eigenvalue weighted by atomic mass is 16.6. The van der Waals surface area contributed by atoms with Gasteiger partial charge in [0.05, 0.1) is 5.56 Å². The zero-order chi connectivity index (χ0) is 22.3. The standard InChI is InChI=1S/C23H28N2O5/c1-6-16-10-7-9-15(2)20(16)25-19(26)14-29-21(27)17-11-8-12-18(13-17)24-22(28)30-23(3,4)5/h7-13H,6,14H2,1-5H3,(H,24,28)(H,25,26). The number of carbonyl (C=O) groups excluding carboxylic acids is 3. The lowest BCUT2D eigenvalue weighted by Crippen LogP contribution is -2.27. The van der Waals surface area contributed by atoms with Crippen molar-refractivity contribution in [3.05, 3.63) is 59.2 Å². The van der Waals surface area contributed by atoms with Gasteiger partial charge in [-0.15, -0.1) is 0 Å². The summed E-state index contributed by atoms with van der Waals surface area (Å²) in [5.74, 6) is -1.09. The number of para-hydroxylation sites is 1. The monoisotopic (exact) mass is 412 g/mol. The van der Waals surface area contributed by atoms with Gasteiger partial charge in [-0.3, -0.25) is 10.1 Å². The SMILES string of the molecule is CCc1cccc(C)c1NC(=O)COC(=O)c1cccc(NC(=O)OC(C)(C)C)c1. The van der Waals surface area contributed by atoms with E-state index in [1.165, 1.54) is 12.1 Å². The number of esters is 1. The Kier molecular flexibility index (Phi) is 7.58. The number of amides is 2. The third-order valence-electron chi connectivity index (χ3n) is 4.08.